The Morgan fingerprint density at radius 3 is 2.79 bits per heavy atom. The van der Waals surface area contributed by atoms with E-state index in [1.54, 1.807) is 0 Å². The van der Waals surface area contributed by atoms with Gasteiger partial charge in [0.1, 0.15) is 0 Å². The summed E-state index contributed by atoms with van der Waals surface area (Å²) >= 11 is 6.29. The topological polar surface area (TPSA) is 101 Å². The van der Waals surface area contributed by atoms with E-state index in [9.17, 15) is 9.59 Å². The molecule has 214 valence electrons. The van der Waals surface area contributed by atoms with Crippen LogP contribution in [0.2, 0.25) is 5.02 Å². The molecule has 2 aliphatic heterocycles. The van der Waals surface area contributed by atoms with Gasteiger partial charge >= 0.3 is 12.1 Å². The van der Waals surface area contributed by atoms with Crippen LogP contribution in [0.25, 0.3) is 0 Å². The first-order chi connectivity index (χ1) is 18.2. The molecular weight excluding hydrogens is 508 g/mol. The van der Waals surface area contributed by atoms with E-state index in [0.29, 0.717) is 43.7 Å². The molecule has 2 saturated heterocycles. The summed E-state index contributed by atoms with van der Waals surface area (Å²) in [5.74, 6) is 0.540. The predicted octanol–water partition coefficient (Wildman–Crippen LogP) is 4.36. The highest BCUT2D eigenvalue weighted by Gasteiger charge is 2.33. The lowest BCUT2D eigenvalue weighted by Crippen LogP contribution is -2.52. The number of nitrogens with zero attached hydrogens (tertiary/aromatic N) is 1. The van der Waals surface area contributed by atoms with Crippen molar-refractivity contribution in [2.45, 2.75) is 63.7 Å². The molecule has 0 saturated carbocycles. The molecule has 0 aliphatic carbocycles. The van der Waals surface area contributed by atoms with Gasteiger partial charge in [0.25, 0.3) is 0 Å². The van der Waals surface area contributed by atoms with Crippen LogP contribution in [0.4, 0.5) is 9.59 Å². The number of likely N-dealkylation sites (N-methyl/N-ethyl adjacent to an activating group) is 1. The SMILES string of the molecule is CNC[C@H](C[C@H]1CCC(C)(C)OC1)NC(=O)N1CCC[C@@H]([C@@H](OCCNC(=O)OC)c2cccc(Cl)c2)C1. The molecule has 1 aromatic rings. The largest absolute Gasteiger partial charge is 0.453 e. The maximum Gasteiger partial charge on any atom is 0.406 e. The molecule has 1 aromatic carbocycles. The Kier molecular flexibility index (Phi) is 12.0. The molecule has 9 nitrogen and oxygen atoms in total. The average molecular weight is 553 g/mol. The van der Waals surface area contributed by atoms with Crippen molar-refractivity contribution >= 4 is 23.7 Å². The van der Waals surface area contributed by atoms with Gasteiger partial charge in [0.2, 0.25) is 0 Å². The Morgan fingerprint density at radius 1 is 1.29 bits per heavy atom. The standard InChI is InChI=1S/C28H45ClN4O5/c1-28(2)11-10-20(19-38-28)15-24(17-30-3)32-26(34)33-13-6-8-22(18-33)25(21-7-5-9-23(29)16-21)37-14-12-31-27(35)36-4/h5,7,9,16,20,22,24-25,30H,6,8,10-15,17-19H2,1-4H3,(H,31,35)(H,32,34)/t20-,22-,24+,25+/m1/s1. The van der Waals surface area contributed by atoms with Crippen molar-refractivity contribution in [1.82, 2.24) is 20.9 Å². The number of hydrogen-bond acceptors (Lipinski definition) is 6. The molecule has 0 bridgehead atoms. The van der Waals surface area contributed by atoms with Crippen molar-refractivity contribution in [1.29, 1.82) is 0 Å². The maximum atomic E-state index is 13.4. The zero-order valence-corrected chi connectivity index (χ0v) is 24.0. The molecule has 38 heavy (non-hydrogen) atoms. The molecular formula is C28H45ClN4O5. The molecule has 3 N–H and O–H groups in total. The number of rotatable bonds is 11. The van der Waals surface area contributed by atoms with Crippen molar-refractivity contribution in [3.8, 4) is 0 Å². The van der Waals surface area contributed by atoms with Gasteiger partial charge in [0.15, 0.2) is 0 Å². The van der Waals surface area contributed by atoms with Gasteiger partial charge in [-0.2, -0.15) is 0 Å². The minimum Gasteiger partial charge on any atom is -0.453 e. The number of likely N-dealkylation sites (tertiary alicyclic amines) is 1. The number of piperidine rings is 1. The second-order valence-electron chi connectivity index (χ2n) is 11.0. The van der Waals surface area contributed by atoms with E-state index in [4.69, 9.17) is 21.1 Å². The van der Waals surface area contributed by atoms with E-state index in [2.05, 4.69) is 34.5 Å². The molecule has 2 heterocycles. The summed E-state index contributed by atoms with van der Waals surface area (Å²) in [5, 5.41) is 9.80. The second-order valence-corrected chi connectivity index (χ2v) is 11.5. The lowest BCUT2D eigenvalue weighted by molar-refractivity contribution is -0.0792. The van der Waals surface area contributed by atoms with Crippen LogP contribution >= 0.6 is 11.6 Å². The highest BCUT2D eigenvalue weighted by Crippen LogP contribution is 2.34. The van der Waals surface area contributed by atoms with Crippen molar-refractivity contribution < 1.29 is 23.8 Å². The predicted molar refractivity (Wildman–Crippen MR) is 148 cm³/mol. The summed E-state index contributed by atoms with van der Waals surface area (Å²) in [6.07, 6.45) is 4.11. The van der Waals surface area contributed by atoms with Crippen LogP contribution in [0.3, 0.4) is 0 Å². The van der Waals surface area contributed by atoms with Crippen LogP contribution in [0.1, 0.15) is 57.6 Å². The van der Waals surface area contributed by atoms with Crippen LogP contribution in [0, 0.1) is 11.8 Å². The fourth-order valence-electron chi connectivity index (χ4n) is 5.39. The van der Waals surface area contributed by atoms with Crippen LogP contribution < -0.4 is 16.0 Å². The van der Waals surface area contributed by atoms with Gasteiger partial charge in [-0.15, -0.1) is 0 Å². The summed E-state index contributed by atoms with van der Waals surface area (Å²) in [6.45, 7) is 7.66. The third-order valence-electron chi connectivity index (χ3n) is 7.47. The molecule has 4 atom stereocenters. The summed E-state index contributed by atoms with van der Waals surface area (Å²) in [4.78, 5) is 26.7. The van der Waals surface area contributed by atoms with Crippen molar-refractivity contribution in [3.05, 3.63) is 34.9 Å². The number of carbonyl (C=O) groups is 2. The molecule has 0 unspecified atom stereocenters. The van der Waals surface area contributed by atoms with Crippen molar-refractivity contribution in [2.75, 3.05) is 53.6 Å². The fourth-order valence-corrected chi connectivity index (χ4v) is 5.58. The van der Waals surface area contributed by atoms with E-state index in [1.807, 2.05) is 36.2 Å². The minimum absolute atomic E-state index is 0.0343. The average Bonchev–Trinajstić information content (AvgIpc) is 2.90. The van der Waals surface area contributed by atoms with Gasteiger partial charge in [-0.1, -0.05) is 23.7 Å². The van der Waals surface area contributed by atoms with Crippen LogP contribution in [0.5, 0.6) is 0 Å². The first kappa shape index (κ1) is 30.5. The molecule has 0 aromatic heterocycles. The first-order valence-electron chi connectivity index (χ1n) is 13.7. The Hall–Kier alpha value is -2.07. The Balaban J connectivity index is 1.61. The minimum atomic E-state index is -0.493. The normalized spacial score (nSPS) is 22.8. The van der Waals surface area contributed by atoms with Crippen molar-refractivity contribution in [3.63, 3.8) is 0 Å². The molecule has 10 heteroatoms. The lowest BCUT2D eigenvalue weighted by Gasteiger charge is -2.39. The van der Waals surface area contributed by atoms with Gasteiger partial charge in [-0.05, 0) is 76.6 Å². The number of nitrogens with one attached hydrogen (secondary N) is 3. The van der Waals surface area contributed by atoms with E-state index in [-0.39, 0.29) is 29.7 Å². The smallest absolute Gasteiger partial charge is 0.406 e. The summed E-state index contributed by atoms with van der Waals surface area (Å²) < 4.78 is 16.9. The molecule has 0 spiro atoms. The van der Waals surface area contributed by atoms with Gasteiger partial charge in [-0.3, -0.25) is 0 Å². The van der Waals surface area contributed by atoms with E-state index >= 15 is 0 Å². The van der Waals surface area contributed by atoms with Gasteiger partial charge in [0, 0.05) is 43.2 Å². The summed E-state index contributed by atoms with van der Waals surface area (Å²) in [6, 6.07) is 7.65. The Morgan fingerprint density at radius 2 is 2.11 bits per heavy atom. The molecule has 3 rings (SSSR count). The first-order valence-corrected chi connectivity index (χ1v) is 14.1. The highest BCUT2D eigenvalue weighted by atomic mass is 35.5. The van der Waals surface area contributed by atoms with Crippen molar-refractivity contribution in [2.24, 2.45) is 11.8 Å². The highest BCUT2D eigenvalue weighted by molar-refractivity contribution is 6.30. The second kappa shape index (κ2) is 14.9. The lowest BCUT2D eigenvalue weighted by atomic mass is 9.87. The van der Waals surface area contributed by atoms with Crippen LogP contribution in [-0.4, -0.2) is 82.2 Å². The van der Waals surface area contributed by atoms with Crippen LogP contribution in [-0.2, 0) is 14.2 Å². The maximum absolute atomic E-state index is 13.4. The van der Waals surface area contributed by atoms with Crippen LogP contribution in [0.15, 0.2) is 24.3 Å². The number of amides is 3. The summed E-state index contributed by atoms with van der Waals surface area (Å²) in [5.41, 5.74) is 0.911. The number of alkyl carbamates (subject to hydrolysis) is 1. The number of ether oxygens (including phenoxy) is 3. The van der Waals surface area contributed by atoms with E-state index < -0.39 is 6.09 Å². The Bertz CT molecular complexity index is 892. The molecule has 3 amide bonds. The number of carbonyl (C=O) groups excluding carboxylic acids is 2. The number of urea groups is 1. The number of benzene rings is 1. The van der Waals surface area contributed by atoms with Gasteiger partial charge in [0.05, 0.1) is 32.0 Å². The zero-order valence-electron chi connectivity index (χ0n) is 23.3. The number of hydrogen-bond donors (Lipinski definition) is 3. The fraction of sp³-hybridized carbons (Fsp3) is 0.714. The number of halogens is 1. The van der Waals surface area contributed by atoms with Gasteiger partial charge < -0.3 is 35.1 Å². The van der Waals surface area contributed by atoms with Gasteiger partial charge in [-0.25, -0.2) is 9.59 Å². The van der Waals surface area contributed by atoms with E-state index in [1.165, 1.54) is 7.11 Å². The molecule has 2 fully saturated rings. The monoisotopic (exact) mass is 552 g/mol. The zero-order chi connectivity index (χ0) is 27.5. The quantitative estimate of drug-likeness (QED) is 0.353. The van der Waals surface area contributed by atoms with E-state index in [0.717, 1.165) is 44.3 Å². The third kappa shape index (κ3) is 9.59. The number of methoxy groups -OCH3 is 1. The molecule has 2 aliphatic rings. The third-order valence-corrected chi connectivity index (χ3v) is 7.70. The Labute approximate surface area is 232 Å². The summed E-state index contributed by atoms with van der Waals surface area (Å²) in [7, 11) is 3.25. The molecule has 0 radical (unpaired) electrons.